The van der Waals surface area contributed by atoms with Crippen molar-refractivity contribution in [3.63, 3.8) is 0 Å². The summed E-state index contributed by atoms with van der Waals surface area (Å²) in [6.45, 7) is 0. The second kappa shape index (κ2) is 7.00. The molecule has 6 nitrogen and oxygen atoms in total. The van der Waals surface area contributed by atoms with E-state index in [4.69, 9.17) is 9.47 Å². The predicted molar refractivity (Wildman–Crippen MR) is 102 cm³/mol. The van der Waals surface area contributed by atoms with Crippen LogP contribution in [0.25, 0.3) is 0 Å². The number of esters is 1. The van der Waals surface area contributed by atoms with Crippen LogP contribution in [0.3, 0.4) is 0 Å². The maximum atomic E-state index is 12.5. The zero-order chi connectivity index (χ0) is 19.7. The summed E-state index contributed by atoms with van der Waals surface area (Å²) >= 11 is 0. The molecule has 138 valence electrons. The van der Waals surface area contributed by atoms with Gasteiger partial charge < -0.3 is 9.47 Å². The topological polar surface area (TPSA) is 72.9 Å². The van der Waals surface area contributed by atoms with E-state index in [0.29, 0.717) is 33.9 Å². The van der Waals surface area contributed by atoms with Gasteiger partial charge in [-0.25, -0.2) is 9.69 Å². The van der Waals surface area contributed by atoms with E-state index in [2.05, 4.69) is 0 Å². The number of benzene rings is 3. The molecule has 0 atom stereocenters. The minimum atomic E-state index is -0.535. The van der Waals surface area contributed by atoms with E-state index in [1.165, 1.54) is 19.2 Å². The van der Waals surface area contributed by atoms with Crippen LogP contribution in [0, 0.1) is 0 Å². The van der Waals surface area contributed by atoms with Crippen LogP contribution in [0.1, 0.15) is 31.1 Å². The maximum absolute atomic E-state index is 12.5. The number of anilines is 1. The molecular formula is C22H15NO5. The third-order valence-corrected chi connectivity index (χ3v) is 4.40. The number of carbonyl (C=O) groups excluding carboxylic acids is 3. The van der Waals surface area contributed by atoms with E-state index in [-0.39, 0.29) is 11.8 Å². The Morgan fingerprint density at radius 3 is 2.04 bits per heavy atom. The Labute approximate surface area is 160 Å². The van der Waals surface area contributed by atoms with Crippen molar-refractivity contribution in [1.29, 1.82) is 0 Å². The first kappa shape index (κ1) is 17.5. The fourth-order valence-electron chi connectivity index (χ4n) is 3.00. The van der Waals surface area contributed by atoms with Gasteiger partial charge in [0.1, 0.15) is 11.5 Å². The van der Waals surface area contributed by atoms with Gasteiger partial charge in [0, 0.05) is 0 Å². The van der Waals surface area contributed by atoms with Gasteiger partial charge in [0.15, 0.2) is 0 Å². The highest BCUT2D eigenvalue weighted by molar-refractivity contribution is 6.34. The van der Waals surface area contributed by atoms with Gasteiger partial charge in [-0.3, -0.25) is 9.59 Å². The zero-order valence-corrected chi connectivity index (χ0v) is 14.9. The van der Waals surface area contributed by atoms with Gasteiger partial charge in [0.2, 0.25) is 0 Å². The molecule has 0 aromatic heterocycles. The number of carbonyl (C=O) groups is 3. The van der Waals surface area contributed by atoms with Crippen molar-refractivity contribution in [3.8, 4) is 11.5 Å². The maximum Gasteiger partial charge on any atom is 0.343 e. The van der Waals surface area contributed by atoms with Crippen molar-refractivity contribution in [2.45, 2.75) is 0 Å². The van der Waals surface area contributed by atoms with E-state index in [1.54, 1.807) is 60.7 Å². The van der Waals surface area contributed by atoms with Gasteiger partial charge in [0.25, 0.3) is 11.8 Å². The van der Waals surface area contributed by atoms with Crippen LogP contribution >= 0.6 is 0 Å². The molecule has 2 amide bonds. The van der Waals surface area contributed by atoms with E-state index < -0.39 is 5.97 Å². The Morgan fingerprint density at radius 2 is 1.43 bits per heavy atom. The second-order valence-electron chi connectivity index (χ2n) is 6.11. The Morgan fingerprint density at radius 1 is 0.786 bits per heavy atom. The number of methoxy groups -OCH3 is 1. The first-order valence-electron chi connectivity index (χ1n) is 8.52. The van der Waals surface area contributed by atoms with Crippen molar-refractivity contribution in [1.82, 2.24) is 0 Å². The number of imide groups is 1. The molecular weight excluding hydrogens is 358 g/mol. The highest BCUT2D eigenvalue weighted by Gasteiger charge is 2.36. The van der Waals surface area contributed by atoms with Crippen LogP contribution in [0.15, 0.2) is 72.8 Å². The van der Waals surface area contributed by atoms with E-state index >= 15 is 0 Å². The monoisotopic (exact) mass is 373 g/mol. The molecule has 0 fully saturated rings. The van der Waals surface area contributed by atoms with Gasteiger partial charge in [-0.15, -0.1) is 0 Å². The summed E-state index contributed by atoms with van der Waals surface area (Å²) in [4.78, 5) is 38.4. The lowest BCUT2D eigenvalue weighted by Crippen LogP contribution is -2.29. The fourth-order valence-corrected chi connectivity index (χ4v) is 3.00. The normalized spacial score (nSPS) is 12.7. The summed E-state index contributed by atoms with van der Waals surface area (Å²) in [6, 6.07) is 19.5. The molecule has 1 aliphatic heterocycles. The Kier molecular flexibility index (Phi) is 4.37. The van der Waals surface area contributed by atoms with Crippen LogP contribution in [-0.2, 0) is 0 Å². The molecule has 0 bridgehead atoms. The lowest BCUT2D eigenvalue weighted by molar-refractivity contribution is 0.0733. The van der Waals surface area contributed by atoms with Crippen molar-refractivity contribution in [2.75, 3.05) is 12.0 Å². The van der Waals surface area contributed by atoms with E-state index in [1.807, 2.05) is 0 Å². The molecule has 1 aliphatic rings. The average molecular weight is 373 g/mol. The van der Waals surface area contributed by atoms with Crippen LogP contribution in [0.2, 0.25) is 0 Å². The van der Waals surface area contributed by atoms with Crippen molar-refractivity contribution >= 4 is 23.5 Å². The molecule has 3 aromatic rings. The Hall–Kier alpha value is -3.93. The van der Waals surface area contributed by atoms with E-state index in [9.17, 15) is 14.4 Å². The average Bonchev–Trinajstić information content (AvgIpc) is 2.99. The number of nitrogens with zero attached hydrogens (tertiary/aromatic N) is 1. The minimum absolute atomic E-state index is 0.299. The van der Waals surface area contributed by atoms with Crippen LogP contribution in [-0.4, -0.2) is 24.9 Å². The zero-order valence-electron chi connectivity index (χ0n) is 14.9. The molecule has 0 radical (unpaired) electrons. The lowest BCUT2D eigenvalue weighted by atomic mass is 10.1. The summed E-state index contributed by atoms with van der Waals surface area (Å²) in [5, 5.41) is 0. The molecule has 0 aliphatic carbocycles. The SMILES string of the molecule is COc1cccc(C(=O)Oc2ccc(N3C(=O)c4ccccc4C3=O)cc2)c1. The smallest absolute Gasteiger partial charge is 0.343 e. The molecule has 0 unspecified atom stereocenters. The first-order chi connectivity index (χ1) is 13.6. The van der Waals surface area contributed by atoms with Gasteiger partial charge in [0.05, 0.1) is 29.5 Å². The molecule has 0 saturated carbocycles. The number of rotatable bonds is 4. The molecule has 28 heavy (non-hydrogen) atoms. The van der Waals surface area contributed by atoms with Crippen molar-refractivity contribution in [3.05, 3.63) is 89.5 Å². The summed E-state index contributed by atoms with van der Waals surface area (Å²) in [7, 11) is 1.52. The molecule has 0 N–H and O–H groups in total. The largest absolute Gasteiger partial charge is 0.497 e. The molecule has 0 spiro atoms. The Balaban J connectivity index is 1.53. The predicted octanol–water partition coefficient (Wildman–Crippen LogP) is 3.72. The van der Waals surface area contributed by atoms with Gasteiger partial charge >= 0.3 is 5.97 Å². The van der Waals surface area contributed by atoms with Crippen molar-refractivity contribution < 1.29 is 23.9 Å². The quantitative estimate of drug-likeness (QED) is 0.396. The second-order valence-corrected chi connectivity index (χ2v) is 6.11. The first-order valence-corrected chi connectivity index (χ1v) is 8.52. The summed E-state index contributed by atoms with van der Waals surface area (Å²) in [5.41, 5.74) is 1.51. The summed E-state index contributed by atoms with van der Waals surface area (Å²) in [6.07, 6.45) is 0. The number of fused-ring (bicyclic) bond motifs is 1. The number of ether oxygens (including phenoxy) is 2. The van der Waals surface area contributed by atoms with Crippen LogP contribution < -0.4 is 14.4 Å². The van der Waals surface area contributed by atoms with Gasteiger partial charge in [-0.2, -0.15) is 0 Å². The Bertz CT molecular complexity index is 1050. The van der Waals surface area contributed by atoms with E-state index in [0.717, 1.165) is 4.90 Å². The van der Waals surface area contributed by atoms with Gasteiger partial charge in [-0.05, 0) is 54.6 Å². The highest BCUT2D eigenvalue weighted by atomic mass is 16.5. The van der Waals surface area contributed by atoms with Gasteiger partial charge in [-0.1, -0.05) is 18.2 Å². The number of hydrogen-bond acceptors (Lipinski definition) is 5. The molecule has 6 heteroatoms. The molecule has 4 rings (SSSR count). The number of amides is 2. The minimum Gasteiger partial charge on any atom is -0.497 e. The van der Waals surface area contributed by atoms with Crippen molar-refractivity contribution in [2.24, 2.45) is 0 Å². The molecule has 3 aromatic carbocycles. The number of hydrogen-bond donors (Lipinski definition) is 0. The van der Waals surface area contributed by atoms with Crippen LogP contribution in [0.5, 0.6) is 11.5 Å². The third kappa shape index (κ3) is 3.01. The summed E-state index contributed by atoms with van der Waals surface area (Å²) < 4.78 is 10.4. The standard InChI is InChI=1S/C22H15NO5/c1-27-17-6-4-5-14(13-17)22(26)28-16-11-9-15(10-12-16)23-20(24)18-7-2-3-8-19(18)21(23)25/h2-13H,1H3. The third-order valence-electron chi connectivity index (χ3n) is 4.40. The highest BCUT2D eigenvalue weighted by Crippen LogP contribution is 2.29. The van der Waals surface area contributed by atoms with Crippen LogP contribution in [0.4, 0.5) is 5.69 Å². The summed E-state index contributed by atoms with van der Waals surface area (Å²) in [5.74, 6) is -0.431. The lowest BCUT2D eigenvalue weighted by Gasteiger charge is -2.14. The molecule has 0 saturated heterocycles. The fraction of sp³-hybridized carbons (Fsp3) is 0.0455. The molecule has 1 heterocycles.